The highest BCUT2D eigenvalue weighted by atomic mass is 16.5. The predicted molar refractivity (Wildman–Crippen MR) is 125 cm³/mol. The Morgan fingerprint density at radius 1 is 0.844 bits per heavy atom. The van der Waals surface area contributed by atoms with Gasteiger partial charge in [-0.05, 0) is 23.3 Å². The largest absolute Gasteiger partial charge is 0.497 e. The first-order chi connectivity index (χ1) is 15.7. The summed E-state index contributed by atoms with van der Waals surface area (Å²) >= 11 is 0. The van der Waals surface area contributed by atoms with Gasteiger partial charge >= 0.3 is 0 Å². The fraction of sp³-hybridized carbons (Fsp3) is 0.0769. The molecule has 0 spiro atoms. The van der Waals surface area contributed by atoms with Crippen LogP contribution in [0.4, 0.5) is 0 Å². The Hall–Kier alpha value is -4.16. The van der Waals surface area contributed by atoms with E-state index in [4.69, 9.17) is 9.72 Å². The Balaban J connectivity index is 1.84. The van der Waals surface area contributed by atoms with Crippen molar-refractivity contribution in [3.05, 3.63) is 101 Å². The van der Waals surface area contributed by atoms with E-state index in [2.05, 4.69) is 5.10 Å². The van der Waals surface area contributed by atoms with E-state index >= 15 is 0 Å². The summed E-state index contributed by atoms with van der Waals surface area (Å²) in [6.07, 6.45) is 0. The molecular formula is C26H21N3O3. The lowest BCUT2D eigenvalue weighted by Crippen LogP contribution is -2.20. The molecule has 2 aromatic heterocycles. The van der Waals surface area contributed by atoms with Gasteiger partial charge in [-0.1, -0.05) is 72.8 Å². The Labute approximate surface area is 184 Å². The lowest BCUT2D eigenvalue weighted by Gasteiger charge is -2.09. The van der Waals surface area contributed by atoms with E-state index in [9.17, 15) is 9.90 Å². The molecule has 0 aliphatic heterocycles. The number of aliphatic hydroxyl groups is 1. The maximum Gasteiger partial charge on any atom is 0.280 e. The van der Waals surface area contributed by atoms with Gasteiger partial charge in [0.15, 0.2) is 5.65 Å². The first-order valence-electron chi connectivity index (χ1n) is 10.2. The van der Waals surface area contributed by atoms with Crippen molar-refractivity contribution in [1.29, 1.82) is 0 Å². The third-order valence-corrected chi connectivity index (χ3v) is 5.51. The molecule has 0 aliphatic rings. The van der Waals surface area contributed by atoms with Gasteiger partial charge in [0.25, 0.3) is 5.56 Å². The van der Waals surface area contributed by atoms with E-state index in [1.165, 1.54) is 4.52 Å². The topological polar surface area (TPSA) is 79.6 Å². The van der Waals surface area contributed by atoms with Gasteiger partial charge in [0.2, 0.25) is 0 Å². The number of aromatic amines is 1. The summed E-state index contributed by atoms with van der Waals surface area (Å²) in [6, 6.07) is 26.8. The molecule has 6 nitrogen and oxygen atoms in total. The first-order valence-corrected chi connectivity index (χ1v) is 10.2. The number of aromatic nitrogens is 3. The van der Waals surface area contributed by atoms with Crippen molar-refractivity contribution < 1.29 is 9.84 Å². The number of aliphatic hydroxyl groups excluding tert-OH is 1. The van der Waals surface area contributed by atoms with Crippen LogP contribution in [-0.2, 0) is 6.61 Å². The molecule has 3 aromatic carbocycles. The summed E-state index contributed by atoms with van der Waals surface area (Å²) in [7, 11) is 1.59. The zero-order valence-electron chi connectivity index (χ0n) is 17.4. The molecule has 32 heavy (non-hydrogen) atoms. The minimum atomic E-state index is -0.354. The van der Waals surface area contributed by atoms with Crippen LogP contribution in [0, 0.1) is 0 Å². The van der Waals surface area contributed by atoms with Gasteiger partial charge in [-0.15, -0.1) is 0 Å². The summed E-state index contributed by atoms with van der Waals surface area (Å²) in [4.78, 5) is 18.4. The highest BCUT2D eigenvalue weighted by Crippen LogP contribution is 2.34. The molecule has 2 N–H and O–H groups in total. The summed E-state index contributed by atoms with van der Waals surface area (Å²) in [5.41, 5.74) is 5.01. The second-order valence-corrected chi connectivity index (χ2v) is 7.38. The number of fused-ring (bicyclic) bond motifs is 1. The van der Waals surface area contributed by atoms with E-state index in [-0.39, 0.29) is 12.2 Å². The Morgan fingerprint density at radius 2 is 1.44 bits per heavy atom. The van der Waals surface area contributed by atoms with E-state index in [1.54, 1.807) is 31.4 Å². The highest BCUT2D eigenvalue weighted by Gasteiger charge is 2.22. The SMILES string of the molecule is COc1ccc(-c2c(CO)nc3c(-c4ccccc4)c(-c4ccccc4)[nH]n3c2=O)cc1. The van der Waals surface area contributed by atoms with Gasteiger partial charge in [-0.2, -0.15) is 4.52 Å². The Kier molecular flexibility index (Phi) is 5.05. The summed E-state index contributed by atoms with van der Waals surface area (Å²) in [6.45, 7) is -0.354. The van der Waals surface area contributed by atoms with Gasteiger partial charge < -0.3 is 9.84 Å². The van der Waals surface area contributed by atoms with Crippen LogP contribution in [0.2, 0.25) is 0 Å². The standard InChI is InChI=1S/C26H21N3O3/c1-32-20-14-12-18(13-15-20)22-21(16-30)27-25-23(17-8-4-2-5-9-17)24(28-29(25)26(22)31)19-10-6-3-7-11-19/h2-15,28,30H,16H2,1H3. The summed E-state index contributed by atoms with van der Waals surface area (Å²) in [5.74, 6) is 0.686. The first kappa shape index (κ1) is 19.8. The summed E-state index contributed by atoms with van der Waals surface area (Å²) in [5, 5.41) is 13.4. The third kappa shape index (κ3) is 3.27. The van der Waals surface area contributed by atoms with E-state index < -0.39 is 0 Å². The zero-order chi connectivity index (χ0) is 22.1. The molecule has 2 heterocycles. The Morgan fingerprint density at radius 3 is 2.03 bits per heavy atom. The number of nitrogens with zero attached hydrogens (tertiary/aromatic N) is 2. The smallest absolute Gasteiger partial charge is 0.280 e. The molecule has 0 saturated carbocycles. The zero-order valence-corrected chi connectivity index (χ0v) is 17.4. The molecule has 0 aliphatic carbocycles. The summed E-state index contributed by atoms with van der Waals surface area (Å²) < 4.78 is 6.69. The normalized spacial score (nSPS) is 11.1. The van der Waals surface area contributed by atoms with Crippen LogP contribution in [0.25, 0.3) is 39.2 Å². The molecule has 6 heteroatoms. The van der Waals surface area contributed by atoms with E-state index in [0.717, 1.165) is 22.4 Å². The fourth-order valence-corrected chi connectivity index (χ4v) is 3.97. The van der Waals surface area contributed by atoms with Crippen LogP contribution in [0.15, 0.2) is 89.7 Å². The highest BCUT2D eigenvalue weighted by molar-refractivity contribution is 5.91. The molecule has 0 saturated heterocycles. The fourth-order valence-electron chi connectivity index (χ4n) is 3.97. The number of H-pyrrole nitrogens is 1. The molecule has 0 fully saturated rings. The van der Waals surface area contributed by atoms with Gasteiger partial charge in [-0.3, -0.25) is 9.89 Å². The van der Waals surface area contributed by atoms with Crippen LogP contribution >= 0.6 is 0 Å². The molecule has 0 radical (unpaired) electrons. The molecular weight excluding hydrogens is 402 g/mol. The van der Waals surface area contributed by atoms with E-state index in [0.29, 0.717) is 28.2 Å². The lowest BCUT2D eigenvalue weighted by atomic mass is 10.0. The maximum absolute atomic E-state index is 13.6. The number of nitrogens with one attached hydrogen (secondary N) is 1. The van der Waals surface area contributed by atoms with E-state index in [1.807, 2.05) is 60.7 Å². The molecule has 0 atom stereocenters. The lowest BCUT2D eigenvalue weighted by molar-refractivity contribution is 0.277. The van der Waals surface area contributed by atoms with Crippen LogP contribution in [0.5, 0.6) is 5.75 Å². The number of hydrogen-bond donors (Lipinski definition) is 2. The number of hydrogen-bond acceptors (Lipinski definition) is 4. The van der Waals surface area contributed by atoms with Crippen molar-refractivity contribution in [3.8, 4) is 39.3 Å². The minimum absolute atomic E-state index is 0.274. The van der Waals surface area contributed by atoms with Crippen LogP contribution in [0.3, 0.4) is 0 Å². The van der Waals surface area contributed by atoms with Crippen molar-refractivity contribution in [2.75, 3.05) is 7.11 Å². The average molecular weight is 423 g/mol. The van der Waals surface area contributed by atoms with Gasteiger partial charge in [-0.25, -0.2) is 4.98 Å². The van der Waals surface area contributed by atoms with Crippen LogP contribution in [-0.4, -0.2) is 26.8 Å². The number of ether oxygens (including phenoxy) is 1. The van der Waals surface area contributed by atoms with Crippen molar-refractivity contribution in [2.45, 2.75) is 6.61 Å². The van der Waals surface area contributed by atoms with Gasteiger partial charge in [0, 0.05) is 5.56 Å². The predicted octanol–water partition coefficient (Wildman–Crippen LogP) is 4.52. The molecule has 0 amide bonds. The van der Waals surface area contributed by atoms with Crippen LogP contribution in [0.1, 0.15) is 5.69 Å². The van der Waals surface area contributed by atoms with Gasteiger partial charge in [0.05, 0.1) is 36.2 Å². The monoisotopic (exact) mass is 423 g/mol. The molecule has 158 valence electrons. The molecule has 5 aromatic rings. The van der Waals surface area contributed by atoms with Crippen molar-refractivity contribution in [3.63, 3.8) is 0 Å². The van der Waals surface area contributed by atoms with Crippen molar-refractivity contribution in [2.24, 2.45) is 0 Å². The molecule has 0 unspecified atom stereocenters. The number of rotatable bonds is 5. The van der Waals surface area contributed by atoms with Gasteiger partial charge in [0.1, 0.15) is 5.75 Å². The van der Waals surface area contributed by atoms with Crippen molar-refractivity contribution in [1.82, 2.24) is 14.6 Å². The second kappa shape index (κ2) is 8.17. The Bertz CT molecular complexity index is 1440. The number of benzene rings is 3. The molecule has 5 rings (SSSR count). The minimum Gasteiger partial charge on any atom is -0.497 e. The molecule has 0 bridgehead atoms. The van der Waals surface area contributed by atoms with Crippen LogP contribution < -0.4 is 10.3 Å². The number of methoxy groups -OCH3 is 1. The third-order valence-electron chi connectivity index (χ3n) is 5.51. The average Bonchev–Trinajstić information content (AvgIpc) is 3.25. The maximum atomic E-state index is 13.6. The quantitative estimate of drug-likeness (QED) is 0.435. The second-order valence-electron chi connectivity index (χ2n) is 7.38. The van der Waals surface area contributed by atoms with Crippen molar-refractivity contribution >= 4 is 5.65 Å².